The van der Waals surface area contributed by atoms with Crippen molar-refractivity contribution in [3.05, 3.63) is 29.8 Å². The summed E-state index contributed by atoms with van der Waals surface area (Å²) in [7, 11) is 0. The number of aliphatic imine (C=N–C) groups is 1. The van der Waals surface area contributed by atoms with E-state index in [-0.39, 0.29) is 6.10 Å². The van der Waals surface area contributed by atoms with E-state index in [1.165, 1.54) is 31.2 Å². The molecule has 0 radical (unpaired) electrons. The van der Waals surface area contributed by atoms with Crippen molar-refractivity contribution < 1.29 is 4.74 Å². The summed E-state index contributed by atoms with van der Waals surface area (Å²) in [5.41, 5.74) is 7.33. The van der Waals surface area contributed by atoms with E-state index in [1.54, 1.807) is 0 Å². The van der Waals surface area contributed by atoms with Gasteiger partial charge in [-0.3, -0.25) is 0 Å². The highest BCUT2D eigenvalue weighted by Gasteiger charge is 2.11. The van der Waals surface area contributed by atoms with Gasteiger partial charge in [0.2, 0.25) is 0 Å². The SMILES string of the molecule is Cc1ccc(OC(C)CN=C(N)N2CCCCCC2)cc1. The first-order valence-corrected chi connectivity index (χ1v) is 7.93. The predicted molar refractivity (Wildman–Crippen MR) is 87.8 cm³/mol. The van der Waals surface area contributed by atoms with E-state index in [4.69, 9.17) is 10.5 Å². The summed E-state index contributed by atoms with van der Waals surface area (Å²) in [5.74, 6) is 1.55. The number of benzene rings is 1. The van der Waals surface area contributed by atoms with Crippen LogP contribution in [0.1, 0.15) is 38.2 Å². The molecule has 116 valence electrons. The molecule has 21 heavy (non-hydrogen) atoms. The molecule has 0 bridgehead atoms. The minimum Gasteiger partial charge on any atom is -0.489 e. The Hall–Kier alpha value is -1.71. The Balaban J connectivity index is 1.82. The molecule has 4 heteroatoms. The van der Waals surface area contributed by atoms with E-state index in [0.29, 0.717) is 12.5 Å². The number of hydrogen-bond donors (Lipinski definition) is 1. The number of nitrogens with zero attached hydrogens (tertiary/aromatic N) is 2. The molecule has 0 aliphatic carbocycles. The number of likely N-dealkylation sites (tertiary alicyclic amines) is 1. The van der Waals surface area contributed by atoms with Crippen LogP contribution in [0.15, 0.2) is 29.3 Å². The number of aryl methyl sites for hydroxylation is 1. The lowest BCUT2D eigenvalue weighted by atomic mass is 10.2. The summed E-state index contributed by atoms with van der Waals surface area (Å²) in [6, 6.07) is 8.09. The monoisotopic (exact) mass is 289 g/mol. The van der Waals surface area contributed by atoms with Crippen LogP contribution in [0.2, 0.25) is 0 Å². The van der Waals surface area contributed by atoms with E-state index in [9.17, 15) is 0 Å². The normalized spacial score (nSPS) is 18.2. The summed E-state index contributed by atoms with van der Waals surface area (Å²) in [6.45, 7) is 6.75. The number of rotatable bonds is 4. The summed E-state index contributed by atoms with van der Waals surface area (Å²) in [4.78, 5) is 6.70. The zero-order valence-corrected chi connectivity index (χ0v) is 13.2. The summed E-state index contributed by atoms with van der Waals surface area (Å²) in [5, 5.41) is 0. The molecule has 1 aliphatic rings. The lowest BCUT2D eigenvalue weighted by molar-refractivity contribution is 0.229. The maximum atomic E-state index is 6.10. The van der Waals surface area contributed by atoms with Crippen LogP contribution in [0.4, 0.5) is 0 Å². The van der Waals surface area contributed by atoms with Crippen molar-refractivity contribution in [3.8, 4) is 5.75 Å². The van der Waals surface area contributed by atoms with Crippen LogP contribution in [0.25, 0.3) is 0 Å². The Kier molecular flexibility index (Phi) is 5.90. The molecule has 0 saturated carbocycles. The molecule has 0 amide bonds. The molecule has 1 saturated heterocycles. The standard InChI is InChI=1S/C17H27N3O/c1-14-7-9-16(10-8-14)21-15(2)13-19-17(18)20-11-5-3-4-6-12-20/h7-10,15H,3-6,11-13H2,1-2H3,(H2,18,19). The molecule has 1 heterocycles. The molecular weight excluding hydrogens is 262 g/mol. The van der Waals surface area contributed by atoms with Crippen molar-refractivity contribution in [1.82, 2.24) is 4.90 Å². The van der Waals surface area contributed by atoms with Gasteiger partial charge in [0.15, 0.2) is 5.96 Å². The maximum Gasteiger partial charge on any atom is 0.191 e. The third kappa shape index (κ3) is 5.29. The zero-order chi connectivity index (χ0) is 15.1. The van der Waals surface area contributed by atoms with Gasteiger partial charge < -0.3 is 15.4 Å². The summed E-state index contributed by atoms with van der Waals surface area (Å²) < 4.78 is 5.85. The maximum absolute atomic E-state index is 6.10. The molecular formula is C17H27N3O. The van der Waals surface area contributed by atoms with E-state index in [0.717, 1.165) is 18.8 Å². The molecule has 1 aromatic rings. The molecule has 1 fully saturated rings. The molecule has 1 aromatic carbocycles. The third-order valence-electron chi connectivity index (χ3n) is 3.80. The zero-order valence-electron chi connectivity index (χ0n) is 13.2. The van der Waals surface area contributed by atoms with Crippen LogP contribution in [0, 0.1) is 6.92 Å². The van der Waals surface area contributed by atoms with Crippen molar-refractivity contribution in [3.63, 3.8) is 0 Å². The second kappa shape index (κ2) is 7.91. The first-order chi connectivity index (χ1) is 10.1. The first kappa shape index (κ1) is 15.7. The molecule has 2 N–H and O–H groups in total. The summed E-state index contributed by atoms with van der Waals surface area (Å²) in [6.07, 6.45) is 5.06. The minimum atomic E-state index is 0.0261. The van der Waals surface area contributed by atoms with Crippen LogP contribution >= 0.6 is 0 Å². The minimum absolute atomic E-state index is 0.0261. The van der Waals surface area contributed by atoms with Gasteiger partial charge in [0.25, 0.3) is 0 Å². The van der Waals surface area contributed by atoms with Crippen LogP contribution < -0.4 is 10.5 Å². The number of nitrogens with two attached hydrogens (primary N) is 1. The molecule has 0 aromatic heterocycles. The average Bonchev–Trinajstić information content (AvgIpc) is 2.76. The number of ether oxygens (including phenoxy) is 1. The van der Waals surface area contributed by atoms with Crippen molar-refractivity contribution in [2.45, 2.75) is 45.6 Å². The lowest BCUT2D eigenvalue weighted by Gasteiger charge is -2.21. The quantitative estimate of drug-likeness (QED) is 0.685. The smallest absolute Gasteiger partial charge is 0.191 e. The topological polar surface area (TPSA) is 50.9 Å². The number of hydrogen-bond acceptors (Lipinski definition) is 2. The Morgan fingerprint density at radius 3 is 2.43 bits per heavy atom. The average molecular weight is 289 g/mol. The number of guanidine groups is 1. The second-order valence-electron chi connectivity index (χ2n) is 5.84. The van der Waals surface area contributed by atoms with Crippen LogP contribution in [-0.4, -0.2) is 36.6 Å². The Morgan fingerprint density at radius 2 is 1.81 bits per heavy atom. The molecule has 1 atom stereocenters. The molecule has 2 rings (SSSR count). The first-order valence-electron chi connectivity index (χ1n) is 7.93. The Labute approximate surface area is 128 Å². The van der Waals surface area contributed by atoms with Crippen LogP contribution in [0.3, 0.4) is 0 Å². The van der Waals surface area contributed by atoms with E-state index in [2.05, 4.69) is 28.9 Å². The van der Waals surface area contributed by atoms with Gasteiger partial charge in [0.1, 0.15) is 11.9 Å². The van der Waals surface area contributed by atoms with Crippen LogP contribution in [-0.2, 0) is 0 Å². The Morgan fingerprint density at radius 1 is 1.19 bits per heavy atom. The van der Waals surface area contributed by atoms with Gasteiger partial charge in [-0.25, -0.2) is 4.99 Å². The van der Waals surface area contributed by atoms with E-state index >= 15 is 0 Å². The highest BCUT2D eigenvalue weighted by atomic mass is 16.5. The van der Waals surface area contributed by atoms with Gasteiger partial charge in [-0.1, -0.05) is 30.5 Å². The van der Waals surface area contributed by atoms with Crippen LogP contribution in [0.5, 0.6) is 5.75 Å². The van der Waals surface area contributed by atoms with Gasteiger partial charge in [0, 0.05) is 13.1 Å². The third-order valence-corrected chi connectivity index (χ3v) is 3.80. The fourth-order valence-corrected chi connectivity index (χ4v) is 2.51. The predicted octanol–water partition coefficient (Wildman–Crippen LogP) is 2.95. The van der Waals surface area contributed by atoms with Crippen molar-refractivity contribution in [1.29, 1.82) is 0 Å². The molecule has 0 spiro atoms. The van der Waals surface area contributed by atoms with Crippen molar-refractivity contribution >= 4 is 5.96 Å². The van der Waals surface area contributed by atoms with Gasteiger partial charge in [-0.15, -0.1) is 0 Å². The van der Waals surface area contributed by atoms with Crippen molar-refractivity contribution in [2.24, 2.45) is 10.7 Å². The second-order valence-corrected chi connectivity index (χ2v) is 5.84. The van der Waals surface area contributed by atoms with Gasteiger partial charge >= 0.3 is 0 Å². The lowest BCUT2D eigenvalue weighted by Crippen LogP contribution is -2.38. The molecule has 1 aliphatic heterocycles. The van der Waals surface area contributed by atoms with E-state index in [1.807, 2.05) is 19.1 Å². The Bertz CT molecular complexity index is 448. The summed E-state index contributed by atoms with van der Waals surface area (Å²) >= 11 is 0. The fraction of sp³-hybridized carbons (Fsp3) is 0.588. The molecule has 4 nitrogen and oxygen atoms in total. The molecule has 1 unspecified atom stereocenters. The van der Waals surface area contributed by atoms with Gasteiger partial charge in [0.05, 0.1) is 6.54 Å². The highest BCUT2D eigenvalue weighted by Crippen LogP contribution is 2.13. The highest BCUT2D eigenvalue weighted by molar-refractivity contribution is 5.78. The van der Waals surface area contributed by atoms with Gasteiger partial charge in [-0.2, -0.15) is 0 Å². The van der Waals surface area contributed by atoms with E-state index < -0.39 is 0 Å². The van der Waals surface area contributed by atoms with Gasteiger partial charge in [-0.05, 0) is 38.8 Å². The fourth-order valence-electron chi connectivity index (χ4n) is 2.51. The van der Waals surface area contributed by atoms with Crippen molar-refractivity contribution in [2.75, 3.05) is 19.6 Å². The largest absolute Gasteiger partial charge is 0.489 e.